The molecule has 2 rings (SSSR count). The number of methoxy groups -OCH3 is 1. The summed E-state index contributed by atoms with van der Waals surface area (Å²) in [7, 11) is 1.44. The smallest absolute Gasteiger partial charge is 0.165 e. The molecule has 0 aliphatic carbocycles. The third-order valence-electron chi connectivity index (χ3n) is 2.59. The lowest BCUT2D eigenvalue weighted by molar-refractivity contribution is 0.386. The second-order valence-corrected chi connectivity index (χ2v) is 6.39. The van der Waals surface area contributed by atoms with Crippen LogP contribution in [0, 0.1) is 12.7 Å². The van der Waals surface area contributed by atoms with E-state index in [9.17, 15) is 4.39 Å². The molecular formula is C13H11BrClFOS. The molecule has 2 aromatic rings. The Kier molecular flexibility index (Phi) is 4.30. The fourth-order valence-electron chi connectivity index (χ4n) is 1.60. The average molecular weight is 350 g/mol. The molecule has 1 nitrogen and oxygen atoms in total. The number of ether oxygens (including phenoxy) is 1. The summed E-state index contributed by atoms with van der Waals surface area (Å²) >= 11 is 11.5. The number of rotatable bonds is 3. The Labute approximate surface area is 123 Å². The molecule has 0 aliphatic rings. The van der Waals surface area contributed by atoms with Gasteiger partial charge in [0.15, 0.2) is 11.6 Å². The van der Waals surface area contributed by atoms with Crippen molar-refractivity contribution in [2.75, 3.05) is 7.11 Å². The summed E-state index contributed by atoms with van der Waals surface area (Å²) in [4.78, 5) is 2.19. The molecule has 0 spiro atoms. The van der Waals surface area contributed by atoms with Crippen LogP contribution in [0.5, 0.6) is 5.75 Å². The van der Waals surface area contributed by atoms with Crippen molar-refractivity contribution in [1.82, 2.24) is 0 Å². The Morgan fingerprint density at radius 1 is 1.39 bits per heavy atom. The van der Waals surface area contributed by atoms with Crippen LogP contribution in [0.25, 0.3) is 0 Å². The molecule has 1 unspecified atom stereocenters. The van der Waals surface area contributed by atoms with Gasteiger partial charge in [0.25, 0.3) is 0 Å². The Morgan fingerprint density at radius 3 is 2.67 bits per heavy atom. The maximum Gasteiger partial charge on any atom is 0.165 e. The predicted molar refractivity (Wildman–Crippen MR) is 77.4 cm³/mol. The van der Waals surface area contributed by atoms with Crippen LogP contribution in [0.15, 0.2) is 28.7 Å². The van der Waals surface area contributed by atoms with Gasteiger partial charge in [0.1, 0.15) is 0 Å². The molecule has 0 radical (unpaired) electrons. The maximum atomic E-state index is 13.3. The van der Waals surface area contributed by atoms with Crippen molar-refractivity contribution in [2.24, 2.45) is 0 Å². The third kappa shape index (κ3) is 2.71. The molecule has 1 heterocycles. The number of hydrogen-bond donors (Lipinski definition) is 0. The van der Waals surface area contributed by atoms with Crippen LogP contribution in [-0.2, 0) is 0 Å². The van der Waals surface area contributed by atoms with E-state index < -0.39 is 0 Å². The lowest BCUT2D eigenvalue weighted by Gasteiger charge is -2.10. The number of halogens is 3. The normalized spacial score (nSPS) is 12.5. The van der Waals surface area contributed by atoms with Gasteiger partial charge in [-0.05, 0) is 46.6 Å². The van der Waals surface area contributed by atoms with Gasteiger partial charge in [0.05, 0.1) is 12.5 Å². The van der Waals surface area contributed by atoms with E-state index in [2.05, 4.69) is 15.9 Å². The highest BCUT2D eigenvalue weighted by Crippen LogP contribution is 2.38. The molecular weight excluding hydrogens is 339 g/mol. The van der Waals surface area contributed by atoms with Gasteiger partial charge < -0.3 is 4.74 Å². The highest BCUT2D eigenvalue weighted by molar-refractivity contribution is 9.10. The first-order valence-corrected chi connectivity index (χ1v) is 7.31. The zero-order valence-electron chi connectivity index (χ0n) is 9.84. The highest BCUT2D eigenvalue weighted by Gasteiger charge is 2.16. The summed E-state index contributed by atoms with van der Waals surface area (Å²) in [5, 5.41) is -0.297. The first kappa shape index (κ1) is 13.8. The zero-order valence-corrected chi connectivity index (χ0v) is 13.0. The molecule has 0 saturated heterocycles. The van der Waals surface area contributed by atoms with Crippen LogP contribution >= 0.6 is 38.9 Å². The van der Waals surface area contributed by atoms with E-state index in [1.54, 1.807) is 23.5 Å². The second kappa shape index (κ2) is 5.59. The Bertz CT molecular complexity index is 551. The number of thiophene rings is 1. The first-order chi connectivity index (χ1) is 8.52. The van der Waals surface area contributed by atoms with Gasteiger partial charge >= 0.3 is 0 Å². The van der Waals surface area contributed by atoms with Crippen molar-refractivity contribution in [3.8, 4) is 5.75 Å². The van der Waals surface area contributed by atoms with Gasteiger partial charge in [-0.3, -0.25) is 0 Å². The molecule has 0 saturated carbocycles. The van der Waals surface area contributed by atoms with Crippen molar-refractivity contribution in [1.29, 1.82) is 0 Å². The minimum absolute atomic E-state index is 0.213. The van der Waals surface area contributed by atoms with Gasteiger partial charge in [-0.1, -0.05) is 6.07 Å². The number of benzene rings is 1. The van der Waals surface area contributed by atoms with Crippen LogP contribution < -0.4 is 4.74 Å². The Hall–Kier alpha value is -0.580. The van der Waals surface area contributed by atoms with Crippen molar-refractivity contribution in [3.05, 3.63) is 49.9 Å². The van der Waals surface area contributed by atoms with E-state index in [0.717, 1.165) is 14.9 Å². The first-order valence-electron chi connectivity index (χ1n) is 5.26. The lowest BCUT2D eigenvalue weighted by Crippen LogP contribution is -1.94. The molecule has 0 fully saturated rings. The van der Waals surface area contributed by atoms with Gasteiger partial charge in [0, 0.05) is 14.2 Å². The molecule has 0 aliphatic heterocycles. The topological polar surface area (TPSA) is 9.23 Å². The molecule has 0 amide bonds. The molecule has 1 atom stereocenters. The van der Waals surface area contributed by atoms with E-state index in [4.69, 9.17) is 16.3 Å². The van der Waals surface area contributed by atoms with E-state index in [-0.39, 0.29) is 16.9 Å². The SMILES string of the molecule is COc1cc(C(Cl)c2cc(Br)c(C)s2)ccc1F. The summed E-state index contributed by atoms with van der Waals surface area (Å²) in [6, 6.07) is 6.68. The molecule has 96 valence electrons. The lowest BCUT2D eigenvalue weighted by atomic mass is 10.1. The number of hydrogen-bond acceptors (Lipinski definition) is 2. The van der Waals surface area contributed by atoms with Crippen molar-refractivity contribution >= 4 is 38.9 Å². The maximum absolute atomic E-state index is 13.3. The summed E-state index contributed by atoms with van der Waals surface area (Å²) in [6.45, 7) is 2.02. The largest absolute Gasteiger partial charge is 0.494 e. The average Bonchev–Trinajstić information content (AvgIpc) is 2.69. The van der Waals surface area contributed by atoms with Crippen molar-refractivity contribution in [3.63, 3.8) is 0 Å². The molecule has 0 bridgehead atoms. The van der Waals surface area contributed by atoms with Crippen LogP contribution in [-0.4, -0.2) is 7.11 Å². The zero-order chi connectivity index (χ0) is 13.3. The van der Waals surface area contributed by atoms with Crippen molar-refractivity contribution < 1.29 is 9.13 Å². The minimum Gasteiger partial charge on any atom is -0.494 e. The van der Waals surface area contributed by atoms with Gasteiger partial charge in [-0.15, -0.1) is 22.9 Å². The second-order valence-electron chi connectivity index (χ2n) is 3.81. The molecule has 0 N–H and O–H groups in total. The molecule has 5 heteroatoms. The molecule has 1 aromatic heterocycles. The van der Waals surface area contributed by atoms with Crippen LogP contribution in [0.2, 0.25) is 0 Å². The molecule has 18 heavy (non-hydrogen) atoms. The van der Waals surface area contributed by atoms with Crippen LogP contribution in [0.4, 0.5) is 4.39 Å². The van der Waals surface area contributed by atoms with Gasteiger partial charge in [-0.2, -0.15) is 0 Å². The van der Waals surface area contributed by atoms with E-state index in [1.165, 1.54) is 18.1 Å². The van der Waals surface area contributed by atoms with Gasteiger partial charge in [0.2, 0.25) is 0 Å². The monoisotopic (exact) mass is 348 g/mol. The predicted octanol–water partition coefficient (Wildman–Crippen LogP) is 5.29. The standard InChI is InChI=1S/C13H11BrClFOS/c1-7-9(14)6-12(18-7)13(15)8-3-4-10(16)11(5-8)17-2/h3-6,13H,1-2H3. The summed E-state index contributed by atoms with van der Waals surface area (Å²) in [5.74, 6) is -0.167. The van der Waals surface area contributed by atoms with Crippen LogP contribution in [0.3, 0.4) is 0 Å². The highest BCUT2D eigenvalue weighted by atomic mass is 79.9. The van der Waals surface area contributed by atoms with E-state index >= 15 is 0 Å². The summed E-state index contributed by atoms with van der Waals surface area (Å²) < 4.78 is 19.3. The van der Waals surface area contributed by atoms with Crippen molar-refractivity contribution in [2.45, 2.75) is 12.3 Å². The minimum atomic E-state index is -0.381. The Morgan fingerprint density at radius 2 is 2.11 bits per heavy atom. The van der Waals surface area contributed by atoms with Gasteiger partial charge in [-0.25, -0.2) is 4.39 Å². The number of alkyl halides is 1. The summed E-state index contributed by atoms with van der Waals surface area (Å²) in [6.07, 6.45) is 0. The molecule has 1 aromatic carbocycles. The third-order valence-corrected chi connectivity index (χ3v) is 5.41. The van der Waals surface area contributed by atoms with E-state index in [0.29, 0.717) is 0 Å². The fourth-order valence-corrected chi connectivity index (χ4v) is 3.50. The Balaban J connectivity index is 2.36. The quantitative estimate of drug-likeness (QED) is 0.684. The number of aryl methyl sites for hydroxylation is 1. The summed E-state index contributed by atoms with van der Waals surface area (Å²) in [5.41, 5.74) is 0.823. The van der Waals surface area contributed by atoms with E-state index in [1.807, 2.05) is 13.0 Å². The van der Waals surface area contributed by atoms with Crippen LogP contribution in [0.1, 0.15) is 20.7 Å². The fraction of sp³-hybridized carbons (Fsp3) is 0.231.